The molecule has 0 aromatic heterocycles. The summed E-state index contributed by atoms with van der Waals surface area (Å²) in [5, 5.41) is 19.3. The van der Waals surface area contributed by atoms with Gasteiger partial charge in [0.1, 0.15) is 0 Å². The van der Waals surface area contributed by atoms with Gasteiger partial charge < -0.3 is 10.2 Å². The molecule has 0 aliphatic heterocycles. The Morgan fingerprint density at radius 2 is 2.14 bits per heavy atom. The highest BCUT2D eigenvalue weighted by atomic mass is 16.3. The van der Waals surface area contributed by atoms with Gasteiger partial charge in [-0.25, -0.2) is 0 Å². The lowest BCUT2D eigenvalue weighted by Gasteiger charge is -2.43. The molecule has 2 nitrogen and oxygen atoms in total. The van der Waals surface area contributed by atoms with E-state index >= 15 is 0 Å². The Labute approximate surface area is 85.6 Å². The molecule has 1 fully saturated rings. The van der Waals surface area contributed by atoms with Gasteiger partial charge >= 0.3 is 0 Å². The lowest BCUT2D eigenvalue weighted by molar-refractivity contribution is -0.0237. The van der Waals surface area contributed by atoms with Gasteiger partial charge in [0, 0.05) is 6.61 Å². The number of hydrogen-bond acceptors (Lipinski definition) is 2. The molecule has 2 N–H and O–H groups in total. The quantitative estimate of drug-likeness (QED) is 0.625. The van der Waals surface area contributed by atoms with Crippen LogP contribution in [0.25, 0.3) is 0 Å². The van der Waals surface area contributed by atoms with Gasteiger partial charge in [0.15, 0.2) is 0 Å². The molecule has 1 saturated carbocycles. The molecule has 0 amide bonds. The predicted octanol–water partition coefficient (Wildman–Crippen LogP) is 1.58. The molecule has 2 aliphatic carbocycles. The van der Waals surface area contributed by atoms with Crippen molar-refractivity contribution in [1.29, 1.82) is 0 Å². The zero-order chi connectivity index (χ0) is 10.1. The van der Waals surface area contributed by atoms with E-state index in [0.717, 1.165) is 12.8 Å². The molecule has 0 spiro atoms. The Balaban J connectivity index is 2.15. The molecule has 0 aromatic carbocycles. The van der Waals surface area contributed by atoms with Crippen molar-refractivity contribution >= 4 is 0 Å². The van der Waals surface area contributed by atoms with Crippen LogP contribution in [-0.4, -0.2) is 22.9 Å². The third-order valence-corrected chi connectivity index (χ3v) is 3.86. The standard InChI is InChI=1S/C12H20O2/c1-8-5-9-3-2-4-10(7-13)12(9)11(14)6-8/h2-3,8-14H,4-7H2,1H3/t8-,9-,10+,11-,12-/m0/s1. The summed E-state index contributed by atoms with van der Waals surface area (Å²) in [6, 6.07) is 0. The van der Waals surface area contributed by atoms with Gasteiger partial charge in [0.05, 0.1) is 6.10 Å². The van der Waals surface area contributed by atoms with Crippen LogP contribution in [0.2, 0.25) is 0 Å². The summed E-state index contributed by atoms with van der Waals surface area (Å²) in [4.78, 5) is 0. The molecule has 0 bridgehead atoms. The summed E-state index contributed by atoms with van der Waals surface area (Å²) >= 11 is 0. The average molecular weight is 196 g/mol. The lowest BCUT2D eigenvalue weighted by Crippen LogP contribution is -2.42. The van der Waals surface area contributed by atoms with Crippen LogP contribution >= 0.6 is 0 Å². The van der Waals surface area contributed by atoms with Crippen LogP contribution in [0.4, 0.5) is 0 Å². The van der Waals surface area contributed by atoms with Gasteiger partial charge in [-0.3, -0.25) is 0 Å². The van der Waals surface area contributed by atoms with Gasteiger partial charge in [-0.1, -0.05) is 19.1 Å². The fourth-order valence-corrected chi connectivity index (χ4v) is 3.22. The molecule has 0 heterocycles. The van der Waals surface area contributed by atoms with Crippen molar-refractivity contribution in [3.8, 4) is 0 Å². The minimum absolute atomic E-state index is 0.203. The maximum Gasteiger partial charge on any atom is 0.0580 e. The minimum atomic E-state index is -0.203. The maximum absolute atomic E-state index is 10.0. The van der Waals surface area contributed by atoms with Crippen molar-refractivity contribution in [2.24, 2.45) is 23.7 Å². The van der Waals surface area contributed by atoms with Crippen LogP contribution in [-0.2, 0) is 0 Å². The van der Waals surface area contributed by atoms with Gasteiger partial charge in [0.2, 0.25) is 0 Å². The van der Waals surface area contributed by atoms with E-state index < -0.39 is 0 Å². The molecule has 0 radical (unpaired) electrons. The summed E-state index contributed by atoms with van der Waals surface area (Å²) in [6.45, 7) is 2.42. The maximum atomic E-state index is 10.0. The Hall–Kier alpha value is -0.340. The first-order chi connectivity index (χ1) is 6.72. The number of hydrogen-bond donors (Lipinski definition) is 2. The SMILES string of the molecule is C[C@@H]1C[C@H](O)[C@@H]2[C@@H](CO)CC=C[C@H]2C1. The summed E-state index contributed by atoms with van der Waals surface area (Å²) in [5.41, 5.74) is 0. The Morgan fingerprint density at radius 1 is 1.36 bits per heavy atom. The minimum Gasteiger partial charge on any atom is -0.396 e. The molecule has 2 aliphatic rings. The highest BCUT2D eigenvalue weighted by molar-refractivity contribution is 5.05. The van der Waals surface area contributed by atoms with Gasteiger partial charge in [0.25, 0.3) is 0 Å². The van der Waals surface area contributed by atoms with Crippen LogP contribution in [0.1, 0.15) is 26.2 Å². The molecule has 0 saturated heterocycles. The molecule has 0 unspecified atom stereocenters. The van der Waals surface area contributed by atoms with Gasteiger partial charge in [-0.05, 0) is 42.9 Å². The monoisotopic (exact) mass is 196 g/mol. The van der Waals surface area contributed by atoms with Crippen molar-refractivity contribution in [2.75, 3.05) is 6.61 Å². The average Bonchev–Trinajstić information content (AvgIpc) is 2.16. The molecule has 0 aromatic rings. The van der Waals surface area contributed by atoms with Crippen molar-refractivity contribution in [3.63, 3.8) is 0 Å². The van der Waals surface area contributed by atoms with Crippen molar-refractivity contribution < 1.29 is 10.2 Å². The van der Waals surface area contributed by atoms with Crippen LogP contribution in [0, 0.1) is 23.7 Å². The first-order valence-corrected chi connectivity index (χ1v) is 5.68. The van der Waals surface area contributed by atoms with E-state index in [-0.39, 0.29) is 18.6 Å². The van der Waals surface area contributed by atoms with Crippen LogP contribution in [0.5, 0.6) is 0 Å². The number of fused-ring (bicyclic) bond motifs is 1. The molecule has 2 heteroatoms. The molecule has 5 atom stereocenters. The zero-order valence-electron chi connectivity index (χ0n) is 8.76. The third kappa shape index (κ3) is 1.73. The second-order valence-electron chi connectivity index (χ2n) is 4.99. The summed E-state index contributed by atoms with van der Waals surface area (Å²) < 4.78 is 0. The number of aliphatic hydroxyl groups excluding tert-OH is 2. The first kappa shape index (κ1) is 10.2. The van der Waals surface area contributed by atoms with E-state index in [0.29, 0.717) is 17.8 Å². The van der Waals surface area contributed by atoms with E-state index in [1.807, 2.05) is 0 Å². The van der Waals surface area contributed by atoms with Crippen LogP contribution < -0.4 is 0 Å². The Kier molecular flexibility index (Phi) is 2.93. The smallest absolute Gasteiger partial charge is 0.0580 e. The van der Waals surface area contributed by atoms with Crippen LogP contribution in [0.3, 0.4) is 0 Å². The van der Waals surface area contributed by atoms with Crippen molar-refractivity contribution in [1.82, 2.24) is 0 Å². The third-order valence-electron chi connectivity index (χ3n) is 3.86. The molecule has 80 valence electrons. The second kappa shape index (κ2) is 4.03. The van der Waals surface area contributed by atoms with E-state index in [4.69, 9.17) is 0 Å². The topological polar surface area (TPSA) is 40.5 Å². The first-order valence-electron chi connectivity index (χ1n) is 5.68. The van der Waals surface area contributed by atoms with E-state index in [1.165, 1.54) is 6.42 Å². The largest absolute Gasteiger partial charge is 0.396 e. The normalized spacial score (nSPS) is 47.5. The van der Waals surface area contributed by atoms with E-state index in [1.54, 1.807) is 0 Å². The van der Waals surface area contributed by atoms with E-state index in [9.17, 15) is 10.2 Å². The highest BCUT2D eigenvalue weighted by Gasteiger charge is 2.39. The predicted molar refractivity (Wildman–Crippen MR) is 55.7 cm³/mol. The summed E-state index contributed by atoms with van der Waals surface area (Å²) in [7, 11) is 0. The van der Waals surface area contributed by atoms with Crippen molar-refractivity contribution in [3.05, 3.63) is 12.2 Å². The highest BCUT2D eigenvalue weighted by Crippen LogP contribution is 2.42. The number of rotatable bonds is 1. The van der Waals surface area contributed by atoms with Gasteiger partial charge in [-0.2, -0.15) is 0 Å². The van der Waals surface area contributed by atoms with E-state index in [2.05, 4.69) is 19.1 Å². The summed E-state index contributed by atoms with van der Waals surface area (Å²) in [6.07, 6.45) is 7.23. The van der Waals surface area contributed by atoms with Crippen molar-refractivity contribution in [2.45, 2.75) is 32.3 Å². The molecule has 14 heavy (non-hydrogen) atoms. The van der Waals surface area contributed by atoms with Crippen LogP contribution in [0.15, 0.2) is 12.2 Å². The fourth-order valence-electron chi connectivity index (χ4n) is 3.22. The Morgan fingerprint density at radius 3 is 2.86 bits per heavy atom. The second-order valence-corrected chi connectivity index (χ2v) is 4.99. The number of allylic oxidation sites excluding steroid dienone is 2. The molecular weight excluding hydrogens is 176 g/mol. The molecule has 2 rings (SSSR count). The fraction of sp³-hybridized carbons (Fsp3) is 0.833. The molecular formula is C12H20O2. The Bertz CT molecular complexity index is 224. The zero-order valence-corrected chi connectivity index (χ0v) is 8.76. The summed E-state index contributed by atoms with van der Waals surface area (Å²) in [5.74, 6) is 1.71. The van der Waals surface area contributed by atoms with Gasteiger partial charge in [-0.15, -0.1) is 0 Å². The lowest BCUT2D eigenvalue weighted by atomic mass is 9.65. The number of aliphatic hydroxyl groups is 2.